The molecule has 0 fully saturated rings. The Labute approximate surface area is 53.6 Å². The monoisotopic (exact) mass is 120 g/mol. The van der Waals surface area contributed by atoms with Gasteiger partial charge in [-0.25, -0.2) is 0 Å². The average molecular weight is 120 g/mol. The summed E-state index contributed by atoms with van der Waals surface area (Å²) in [7, 11) is 3.09. The van der Waals surface area contributed by atoms with Crippen LogP contribution in [0.2, 0.25) is 0 Å². The summed E-state index contributed by atoms with van der Waals surface area (Å²) < 4.78 is 23.9. The smallest absolute Gasteiger partial charge is 0.0801 e. The van der Waals surface area contributed by atoms with Crippen molar-refractivity contribution in [2.45, 2.75) is 19.4 Å². The molecule has 50 valence electrons. The van der Waals surface area contributed by atoms with E-state index in [9.17, 15) is 0 Å². The molecule has 0 heterocycles. The SMILES string of the molecule is [2H]CC([2H])C(COC)OC. The van der Waals surface area contributed by atoms with Gasteiger partial charge in [0.25, 0.3) is 0 Å². The molecule has 0 saturated heterocycles. The van der Waals surface area contributed by atoms with Crippen LogP contribution in [0.25, 0.3) is 0 Å². The molecule has 0 radical (unpaired) electrons. The fourth-order valence-corrected chi connectivity index (χ4v) is 0.397. The Bertz CT molecular complexity index is 80.1. The zero-order valence-corrected chi connectivity index (χ0v) is 5.39. The molecular formula is C6H14O2. The summed E-state index contributed by atoms with van der Waals surface area (Å²) in [6.45, 7) is 0.450. The van der Waals surface area contributed by atoms with Crippen LogP contribution in [0.4, 0.5) is 0 Å². The Balaban J connectivity index is 3.56. The minimum Gasteiger partial charge on any atom is -0.382 e. The lowest BCUT2D eigenvalue weighted by Crippen LogP contribution is -2.15. The standard InChI is InChI=1S/C6H14O2/c1-4-6(8-3)5-7-2/h6H,4-5H2,1-3H3/i1D,4D. The van der Waals surface area contributed by atoms with Gasteiger partial charge in [0.1, 0.15) is 0 Å². The summed E-state index contributed by atoms with van der Waals surface area (Å²) in [5.74, 6) is 0. The first-order chi connectivity index (χ1) is 4.76. The van der Waals surface area contributed by atoms with E-state index in [1.807, 2.05) is 0 Å². The topological polar surface area (TPSA) is 18.5 Å². The number of hydrogen-bond acceptors (Lipinski definition) is 2. The number of rotatable bonds is 4. The van der Waals surface area contributed by atoms with Crippen molar-refractivity contribution in [3.05, 3.63) is 0 Å². The van der Waals surface area contributed by atoms with Gasteiger partial charge < -0.3 is 9.47 Å². The van der Waals surface area contributed by atoms with Crippen LogP contribution in [0.15, 0.2) is 0 Å². The average Bonchev–Trinajstić information content (AvgIpc) is 1.99. The van der Waals surface area contributed by atoms with Gasteiger partial charge >= 0.3 is 0 Å². The second kappa shape index (κ2) is 5.06. The second-order valence-corrected chi connectivity index (χ2v) is 1.47. The van der Waals surface area contributed by atoms with E-state index in [4.69, 9.17) is 12.2 Å². The van der Waals surface area contributed by atoms with Crippen molar-refractivity contribution in [3.8, 4) is 0 Å². The first kappa shape index (κ1) is 4.77. The Hall–Kier alpha value is -0.0800. The van der Waals surface area contributed by atoms with Crippen LogP contribution in [0.3, 0.4) is 0 Å². The first-order valence-electron chi connectivity index (χ1n) is 3.78. The van der Waals surface area contributed by atoms with Crippen LogP contribution >= 0.6 is 0 Å². The third-order valence-corrected chi connectivity index (χ3v) is 0.897. The van der Waals surface area contributed by atoms with Gasteiger partial charge in [-0.3, -0.25) is 0 Å². The predicted octanol–water partition coefficient (Wildman–Crippen LogP) is 1.06. The van der Waals surface area contributed by atoms with Crippen LogP contribution in [0.5, 0.6) is 0 Å². The Morgan fingerprint density at radius 2 is 2.50 bits per heavy atom. The molecule has 0 bridgehead atoms. The highest BCUT2D eigenvalue weighted by Crippen LogP contribution is 1.94. The van der Waals surface area contributed by atoms with Gasteiger partial charge in [0.2, 0.25) is 0 Å². The fourth-order valence-electron chi connectivity index (χ4n) is 0.397. The molecule has 0 spiro atoms. The molecule has 2 atom stereocenters. The molecule has 0 amide bonds. The lowest BCUT2D eigenvalue weighted by molar-refractivity contribution is 0.0265. The Kier molecular flexibility index (Phi) is 3.02. The van der Waals surface area contributed by atoms with Crippen molar-refractivity contribution >= 4 is 0 Å². The molecule has 2 heteroatoms. The van der Waals surface area contributed by atoms with Crippen LogP contribution < -0.4 is 0 Å². The fraction of sp³-hybridized carbons (Fsp3) is 1.00. The summed E-state index contributed by atoms with van der Waals surface area (Å²) in [5.41, 5.74) is 0. The number of ether oxygens (including phenoxy) is 2. The second-order valence-electron chi connectivity index (χ2n) is 1.47. The van der Waals surface area contributed by atoms with Crippen molar-refractivity contribution in [2.75, 3.05) is 20.8 Å². The molecule has 0 rings (SSSR count). The van der Waals surface area contributed by atoms with Gasteiger partial charge in [-0.1, -0.05) is 6.90 Å². The van der Waals surface area contributed by atoms with Crippen LogP contribution in [0.1, 0.15) is 16.0 Å². The molecule has 2 nitrogen and oxygen atoms in total. The minimum atomic E-state index is -0.495. The molecule has 0 saturated carbocycles. The quantitative estimate of drug-likeness (QED) is 0.552. The summed E-state index contributed by atoms with van der Waals surface area (Å²) in [6.07, 6.45) is -0.757. The van der Waals surface area contributed by atoms with Crippen LogP contribution in [-0.4, -0.2) is 26.9 Å². The van der Waals surface area contributed by atoms with Gasteiger partial charge in [0, 0.05) is 17.0 Å². The summed E-state index contributed by atoms with van der Waals surface area (Å²) >= 11 is 0. The van der Waals surface area contributed by atoms with E-state index < -0.39 is 6.40 Å². The van der Waals surface area contributed by atoms with Gasteiger partial charge in [-0.05, 0) is 6.40 Å². The van der Waals surface area contributed by atoms with Gasteiger partial charge in [0.05, 0.1) is 12.7 Å². The van der Waals surface area contributed by atoms with Crippen molar-refractivity contribution in [1.82, 2.24) is 0 Å². The lowest BCUT2D eigenvalue weighted by atomic mass is 10.3. The predicted molar refractivity (Wildman–Crippen MR) is 33.0 cm³/mol. The lowest BCUT2D eigenvalue weighted by Gasteiger charge is -2.09. The van der Waals surface area contributed by atoms with Gasteiger partial charge in [-0.15, -0.1) is 0 Å². The van der Waals surface area contributed by atoms with Gasteiger partial charge in [-0.2, -0.15) is 0 Å². The molecule has 0 aromatic rings. The van der Waals surface area contributed by atoms with E-state index in [-0.39, 0.29) is 13.0 Å². The Morgan fingerprint density at radius 1 is 1.75 bits per heavy atom. The normalized spacial score (nSPS) is 21.2. The maximum Gasteiger partial charge on any atom is 0.0801 e. The molecule has 0 N–H and O–H groups in total. The first-order valence-corrected chi connectivity index (χ1v) is 2.49. The van der Waals surface area contributed by atoms with Gasteiger partial charge in [0.15, 0.2) is 0 Å². The third kappa shape index (κ3) is 2.99. The van der Waals surface area contributed by atoms with Crippen LogP contribution in [-0.2, 0) is 9.47 Å². The van der Waals surface area contributed by atoms with Crippen molar-refractivity contribution < 1.29 is 12.2 Å². The Morgan fingerprint density at radius 3 is 2.88 bits per heavy atom. The molecule has 0 aliphatic rings. The number of hydrogen-bond donors (Lipinski definition) is 0. The zero-order chi connectivity index (χ0) is 7.98. The molecular weight excluding hydrogens is 104 g/mol. The summed E-state index contributed by atoms with van der Waals surface area (Å²) in [4.78, 5) is 0. The van der Waals surface area contributed by atoms with Crippen molar-refractivity contribution in [2.24, 2.45) is 0 Å². The molecule has 0 aliphatic heterocycles. The molecule has 8 heavy (non-hydrogen) atoms. The largest absolute Gasteiger partial charge is 0.382 e. The molecule has 2 unspecified atom stereocenters. The third-order valence-electron chi connectivity index (χ3n) is 0.897. The number of methoxy groups -OCH3 is 2. The van der Waals surface area contributed by atoms with E-state index in [1.165, 1.54) is 7.11 Å². The van der Waals surface area contributed by atoms with E-state index >= 15 is 0 Å². The maximum absolute atomic E-state index is 7.29. The van der Waals surface area contributed by atoms with Crippen LogP contribution in [0, 0.1) is 0 Å². The van der Waals surface area contributed by atoms with Crippen molar-refractivity contribution in [1.29, 1.82) is 0 Å². The highest BCUT2D eigenvalue weighted by molar-refractivity contribution is 4.49. The van der Waals surface area contributed by atoms with E-state index in [2.05, 4.69) is 0 Å². The van der Waals surface area contributed by atoms with E-state index in [0.717, 1.165) is 0 Å². The minimum absolute atomic E-state index is 0.0574. The summed E-state index contributed by atoms with van der Waals surface area (Å²) in [6, 6.07) is 0. The van der Waals surface area contributed by atoms with E-state index in [0.29, 0.717) is 6.61 Å². The van der Waals surface area contributed by atoms with E-state index in [1.54, 1.807) is 7.11 Å². The highest BCUT2D eigenvalue weighted by Gasteiger charge is 2.00. The molecule has 0 aliphatic carbocycles. The highest BCUT2D eigenvalue weighted by atomic mass is 16.5. The molecule has 0 aromatic heterocycles. The summed E-state index contributed by atoms with van der Waals surface area (Å²) in [5, 5.41) is 0. The maximum atomic E-state index is 7.29. The zero-order valence-electron chi connectivity index (χ0n) is 7.39. The van der Waals surface area contributed by atoms with Crippen molar-refractivity contribution in [3.63, 3.8) is 0 Å². The molecule has 0 aromatic carbocycles.